The van der Waals surface area contributed by atoms with Gasteiger partial charge in [-0.2, -0.15) is 0 Å². The Balaban J connectivity index is 0.00000259. The summed E-state index contributed by atoms with van der Waals surface area (Å²) in [6, 6.07) is 24.2. The van der Waals surface area contributed by atoms with E-state index in [1.807, 2.05) is 48.8 Å². The molecule has 0 radical (unpaired) electrons. The van der Waals surface area contributed by atoms with E-state index in [9.17, 15) is 9.59 Å². The van der Waals surface area contributed by atoms with Gasteiger partial charge in [-0.05, 0) is 47.4 Å². The smallest absolute Gasteiger partial charge is 0.286 e. The first-order chi connectivity index (χ1) is 15.6. The summed E-state index contributed by atoms with van der Waals surface area (Å²) in [5.74, 6) is 0.532. The fourth-order valence-electron chi connectivity index (χ4n) is 3.74. The van der Waals surface area contributed by atoms with Crippen molar-refractivity contribution in [2.75, 3.05) is 0 Å². The Bertz CT molecular complexity index is 1270. The summed E-state index contributed by atoms with van der Waals surface area (Å²) < 4.78 is 8.08. The van der Waals surface area contributed by atoms with Crippen molar-refractivity contribution in [3.63, 3.8) is 0 Å². The Morgan fingerprint density at radius 3 is 2.42 bits per heavy atom. The molecule has 0 saturated carbocycles. The van der Waals surface area contributed by atoms with Crippen molar-refractivity contribution in [2.24, 2.45) is 0 Å². The fraction of sp³-hybridized carbons (Fsp3) is 0.160. The number of amides is 2. The average Bonchev–Trinajstić information content (AvgIpc) is 3.35. The van der Waals surface area contributed by atoms with Crippen molar-refractivity contribution < 1.29 is 19.8 Å². The van der Waals surface area contributed by atoms with E-state index >= 15 is 0 Å². The predicted octanol–water partition coefficient (Wildman–Crippen LogP) is 3.73. The van der Waals surface area contributed by atoms with Gasteiger partial charge in [0.1, 0.15) is 12.4 Å². The Kier molecular flexibility index (Phi) is 6.76. The van der Waals surface area contributed by atoms with Crippen LogP contribution in [0, 0.1) is 0 Å². The van der Waals surface area contributed by atoms with Crippen LogP contribution < -0.4 is 10.1 Å². The van der Waals surface area contributed by atoms with Crippen LogP contribution in [0.15, 0.2) is 79.1 Å². The molecule has 1 aromatic heterocycles. The summed E-state index contributed by atoms with van der Waals surface area (Å²) in [4.78, 5) is 27.6. The first-order valence-corrected chi connectivity index (χ1v) is 11.2. The largest absolute Gasteiger partial charge is 0.489 e. The maximum atomic E-state index is 11.7. The number of hydrogen-bond donors (Lipinski definition) is 1. The van der Waals surface area contributed by atoms with Gasteiger partial charge in [0, 0.05) is 6.54 Å². The van der Waals surface area contributed by atoms with E-state index in [1.165, 1.54) is 5.56 Å². The summed E-state index contributed by atoms with van der Waals surface area (Å²) in [6.07, 6.45) is 2.39. The second-order valence-corrected chi connectivity index (χ2v) is 8.88. The van der Waals surface area contributed by atoms with Crippen LogP contribution in [-0.2, 0) is 24.4 Å². The molecular formula is C25H23N3O4S. The van der Waals surface area contributed by atoms with Crippen LogP contribution in [0.2, 0.25) is 0 Å². The molecular weight excluding hydrogens is 438 g/mol. The third-order valence-electron chi connectivity index (χ3n) is 5.40. The topological polar surface area (TPSA) is 105 Å². The van der Waals surface area contributed by atoms with Crippen molar-refractivity contribution in [1.82, 2.24) is 14.9 Å². The highest BCUT2D eigenvalue weighted by Crippen LogP contribution is 2.24. The number of carbonyl (C=O) groups excluding carboxylic acids is 2. The van der Waals surface area contributed by atoms with Crippen LogP contribution in [0.1, 0.15) is 16.7 Å². The van der Waals surface area contributed by atoms with Crippen molar-refractivity contribution in [1.29, 1.82) is 0 Å². The van der Waals surface area contributed by atoms with Crippen molar-refractivity contribution in [2.45, 2.75) is 24.8 Å². The molecule has 3 N–H and O–H groups in total. The van der Waals surface area contributed by atoms with E-state index in [0.717, 1.165) is 46.2 Å². The number of nitrogens with one attached hydrogen (secondary N) is 1. The second kappa shape index (κ2) is 9.89. The molecule has 8 heteroatoms. The Labute approximate surface area is 195 Å². The van der Waals surface area contributed by atoms with Crippen LogP contribution in [0.5, 0.6) is 5.75 Å². The molecule has 0 aliphatic carbocycles. The molecule has 2 heterocycles. The summed E-state index contributed by atoms with van der Waals surface area (Å²) in [6.45, 7) is 1.23. The first kappa shape index (κ1) is 22.6. The van der Waals surface area contributed by atoms with E-state index in [-0.39, 0.29) is 21.9 Å². The molecule has 4 aromatic rings. The zero-order valence-corrected chi connectivity index (χ0v) is 18.5. The molecule has 2 amide bonds. The van der Waals surface area contributed by atoms with Crippen molar-refractivity contribution in [3.05, 3.63) is 95.8 Å². The molecule has 33 heavy (non-hydrogen) atoms. The van der Waals surface area contributed by atoms with Crippen molar-refractivity contribution >= 4 is 33.9 Å². The highest BCUT2D eigenvalue weighted by atomic mass is 32.2. The van der Waals surface area contributed by atoms with Gasteiger partial charge in [-0.1, -0.05) is 60.3 Å². The van der Waals surface area contributed by atoms with Crippen LogP contribution >= 0.6 is 11.8 Å². The van der Waals surface area contributed by atoms with E-state index in [1.54, 1.807) is 0 Å². The molecule has 5 rings (SSSR count). The Morgan fingerprint density at radius 1 is 0.939 bits per heavy atom. The van der Waals surface area contributed by atoms with Gasteiger partial charge in [0.25, 0.3) is 5.24 Å². The lowest BCUT2D eigenvalue weighted by atomic mass is 10.1. The van der Waals surface area contributed by atoms with E-state index in [0.29, 0.717) is 13.0 Å². The molecule has 0 spiro atoms. The first-order valence-electron chi connectivity index (χ1n) is 10.3. The SMILES string of the molecule is O.O=C1NC(=O)C(Cc2ccc(OCc3ccc4c(c3)ncn4Cc3ccccc3)cc2)S1. The maximum absolute atomic E-state index is 11.7. The van der Waals surface area contributed by atoms with Crippen LogP contribution in [-0.4, -0.2) is 31.4 Å². The third-order valence-corrected chi connectivity index (χ3v) is 6.38. The van der Waals surface area contributed by atoms with Gasteiger partial charge in [-0.15, -0.1) is 0 Å². The predicted molar refractivity (Wildman–Crippen MR) is 128 cm³/mol. The molecule has 1 atom stereocenters. The van der Waals surface area contributed by atoms with Crippen molar-refractivity contribution in [3.8, 4) is 5.75 Å². The zero-order chi connectivity index (χ0) is 21.9. The number of hydrogen-bond acceptors (Lipinski definition) is 5. The minimum absolute atomic E-state index is 0. The lowest BCUT2D eigenvalue weighted by molar-refractivity contribution is -0.118. The molecule has 3 aromatic carbocycles. The van der Waals surface area contributed by atoms with Gasteiger partial charge < -0.3 is 14.8 Å². The molecule has 1 fully saturated rings. The highest BCUT2D eigenvalue weighted by molar-refractivity contribution is 8.15. The molecule has 0 bridgehead atoms. The van der Waals surface area contributed by atoms with E-state index in [4.69, 9.17) is 4.74 Å². The molecule has 168 valence electrons. The molecule has 1 aliphatic rings. The number of nitrogens with zero attached hydrogens (tertiary/aromatic N) is 2. The standard InChI is InChI=1S/C25H21N3O3S.H2O/c29-24-23(32-25(30)27-24)13-17-6-9-20(10-7-17)31-15-19-8-11-22-21(12-19)26-16-28(22)14-18-4-2-1-3-5-18;/h1-12,16,23H,13-15H2,(H,27,29,30);1H2. The van der Waals surface area contributed by atoms with Gasteiger partial charge in [-0.25, -0.2) is 4.98 Å². The summed E-state index contributed by atoms with van der Waals surface area (Å²) in [5, 5.41) is 1.68. The number of ether oxygens (including phenoxy) is 1. The number of rotatable bonds is 7. The normalized spacial score (nSPS) is 15.3. The van der Waals surface area contributed by atoms with Crippen LogP contribution in [0.3, 0.4) is 0 Å². The summed E-state index contributed by atoms with van der Waals surface area (Å²) >= 11 is 1.04. The summed E-state index contributed by atoms with van der Waals surface area (Å²) in [5.41, 5.74) is 5.31. The summed E-state index contributed by atoms with van der Waals surface area (Å²) in [7, 11) is 0. The molecule has 1 aliphatic heterocycles. The molecule has 1 unspecified atom stereocenters. The number of carbonyl (C=O) groups is 2. The van der Waals surface area contributed by atoms with Gasteiger partial charge in [0.2, 0.25) is 5.91 Å². The van der Waals surface area contributed by atoms with E-state index < -0.39 is 0 Å². The van der Waals surface area contributed by atoms with Gasteiger partial charge in [0.05, 0.1) is 22.6 Å². The van der Waals surface area contributed by atoms with Crippen LogP contribution in [0.4, 0.5) is 4.79 Å². The fourth-order valence-corrected chi connectivity index (χ4v) is 4.60. The van der Waals surface area contributed by atoms with Gasteiger partial charge in [-0.3, -0.25) is 14.9 Å². The Hall–Kier alpha value is -3.62. The van der Waals surface area contributed by atoms with Gasteiger partial charge in [0.15, 0.2) is 0 Å². The molecule has 1 saturated heterocycles. The highest BCUT2D eigenvalue weighted by Gasteiger charge is 2.31. The average molecular weight is 462 g/mol. The minimum atomic E-state index is -0.359. The quantitative estimate of drug-likeness (QED) is 0.452. The van der Waals surface area contributed by atoms with Gasteiger partial charge >= 0.3 is 0 Å². The number of imide groups is 1. The zero-order valence-electron chi connectivity index (χ0n) is 17.7. The number of aromatic nitrogens is 2. The van der Waals surface area contributed by atoms with Crippen LogP contribution in [0.25, 0.3) is 11.0 Å². The Morgan fingerprint density at radius 2 is 1.70 bits per heavy atom. The monoisotopic (exact) mass is 461 g/mol. The minimum Gasteiger partial charge on any atom is -0.489 e. The maximum Gasteiger partial charge on any atom is 0.286 e. The van der Waals surface area contributed by atoms with E-state index in [2.05, 4.69) is 45.2 Å². The molecule has 7 nitrogen and oxygen atoms in total. The number of thioether (sulfide) groups is 1. The lowest BCUT2D eigenvalue weighted by Gasteiger charge is -2.09. The third kappa shape index (κ3) is 5.24. The number of fused-ring (bicyclic) bond motifs is 1. The second-order valence-electron chi connectivity index (χ2n) is 7.70. The number of imidazole rings is 1. The lowest BCUT2D eigenvalue weighted by Crippen LogP contribution is -2.25. The number of benzene rings is 3.